The molecule has 3 N–H and O–H groups in total. The summed E-state index contributed by atoms with van der Waals surface area (Å²) in [5, 5.41) is 14.2. The number of aliphatic carboxylic acids is 1. The van der Waals surface area contributed by atoms with Crippen molar-refractivity contribution in [2.24, 2.45) is 0 Å². The minimum atomic E-state index is -1.07. The Morgan fingerprint density at radius 3 is 2.49 bits per heavy atom. The van der Waals surface area contributed by atoms with Crippen LogP contribution >= 0.6 is 34.8 Å². The molecule has 1 fully saturated rings. The molecule has 0 unspecified atom stereocenters. The van der Waals surface area contributed by atoms with Gasteiger partial charge in [0.2, 0.25) is 0 Å². The van der Waals surface area contributed by atoms with Crippen LogP contribution in [0, 0.1) is 6.92 Å². The van der Waals surface area contributed by atoms with E-state index >= 15 is 0 Å². The van der Waals surface area contributed by atoms with Crippen molar-refractivity contribution in [3.63, 3.8) is 0 Å². The van der Waals surface area contributed by atoms with Gasteiger partial charge in [-0.25, -0.2) is 4.79 Å². The molecule has 0 aliphatic heterocycles. The molecule has 1 saturated carbocycles. The van der Waals surface area contributed by atoms with Crippen molar-refractivity contribution in [3.05, 3.63) is 98.9 Å². The van der Waals surface area contributed by atoms with Crippen LogP contribution in [0.5, 0.6) is 0 Å². The second-order valence-electron chi connectivity index (χ2n) is 10.1. The van der Waals surface area contributed by atoms with Crippen molar-refractivity contribution in [1.29, 1.82) is 0 Å². The Kier molecular flexibility index (Phi) is 7.99. The number of rotatable bonds is 9. The second-order valence-corrected chi connectivity index (χ2v) is 11.3. The van der Waals surface area contributed by atoms with Crippen molar-refractivity contribution in [3.8, 4) is 11.1 Å². The van der Waals surface area contributed by atoms with Gasteiger partial charge < -0.3 is 10.1 Å². The Morgan fingerprint density at radius 2 is 1.88 bits per heavy atom. The van der Waals surface area contributed by atoms with E-state index in [-0.39, 0.29) is 28.3 Å². The van der Waals surface area contributed by atoms with Crippen molar-refractivity contribution in [2.75, 3.05) is 6.54 Å². The zero-order valence-corrected chi connectivity index (χ0v) is 24.3. The van der Waals surface area contributed by atoms with E-state index in [9.17, 15) is 14.4 Å². The zero-order chi connectivity index (χ0) is 29.5. The zero-order valence-electron chi connectivity index (χ0n) is 22.1. The maximum atomic E-state index is 14.6. The number of nitrogens with zero attached hydrogens (tertiary/aromatic N) is 1. The van der Waals surface area contributed by atoms with Crippen molar-refractivity contribution in [2.45, 2.75) is 31.7 Å². The Bertz CT molecular complexity index is 1740. The van der Waals surface area contributed by atoms with Gasteiger partial charge in [-0.2, -0.15) is 0 Å². The molecule has 5 rings (SSSR count). The largest absolute Gasteiger partial charge is 0.478 e. The number of nitrogens with one attached hydrogen (secondary N) is 2. The van der Waals surface area contributed by atoms with E-state index in [1.165, 1.54) is 12.2 Å². The lowest BCUT2D eigenvalue weighted by Gasteiger charge is -2.42. The third kappa shape index (κ3) is 5.26. The van der Waals surface area contributed by atoms with Crippen LogP contribution in [-0.4, -0.2) is 38.9 Å². The van der Waals surface area contributed by atoms with Crippen molar-refractivity contribution >= 4 is 69.4 Å². The van der Waals surface area contributed by atoms with Gasteiger partial charge in [-0.1, -0.05) is 53.5 Å². The lowest BCUT2D eigenvalue weighted by molar-refractivity contribution is -0.131. The van der Waals surface area contributed by atoms with Crippen LogP contribution in [0.4, 0.5) is 0 Å². The van der Waals surface area contributed by atoms with E-state index in [0.29, 0.717) is 51.3 Å². The fraction of sp³-hybridized carbons (Fsp3) is 0.194. The number of hydrogen-bond donors (Lipinski definition) is 3. The summed E-state index contributed by atoms with van der Waals surface area (Å²) in [4.78, 5) is 41.2. The molecule has 0 spiro atoms. The molecule has 41 heavy (non-hydrogen) atoms. The first-order valence-electron chi connectivity index (χ1n) is 12.9. The van der Waals surface area contributed by atoms with E-state index in [0.717, 1.165) is 23.4 Å². The summed E-state index contributed by atoms with van der Waals surface area (Å²) in [6, 6.07) is 8.53. The summed E-state index contributed by atoms with van der Waals surface area (Å²) in [5.74, 6) is -1.56. The highest BCUT2D eigenvalue weighted by Gasteiger charge is 2.43. The molecule has 1 aliphatic rings. The van der Waals surface area contributed by atoms with Gasteiger partial charge >= 0.3 is 5.97 Å². The molecule has 10 heteroatoms. The summed E-state index contributed by atoms with van der Waals surface area (Å²) >= 11 is 19.5. The summed E-state index contributed by atoms with van der Waals surface area (Å²) < 4.78 is 1.55. The van der Waals surface area contributed by atoms with Crippen LogP contribution in [0.15, 0.2) is 61.5 Å². The SMILES string of the molecule is C=CC(=O)CNC1(c2[nH]cc(-c3c(Cl)cc(Cl)cc3Cl)c2C(=O)n2cc(C)c3c(/C=C/C(=O)O)cccc32)CCC1. The van der Waals surface area contributed by atoms with Crippen molar-refractivity contribution in [1.82, 2.24) is 14.9 Å². The highest BCUT2D eigenvalue weighted by molar-refractivity contribution is 6.42. The molecule has 2 heterocycles. The number of hydrogen-bond acceptors (Lipinski definition) is 4. The number of carboxylic acid groups (broad SMARTS) is 1. The van der Waals surface area contributed by atoms with Gasteiger partial charge in [-0.05, 0) is 67.7 Å². The summed E-state index contributed by atoms with van der Waals surface area (Å²) in [6.45, 7) is 5.50. The number of carbonyl (C=O) groups is 3. The van der Waals surface area contributed by atoms with Crippen LogP contribution in [0.3, 0.4) is 0 Å². The van der Waals surface area contributed by atoms with E-state index in [2.05, 4.69) is 16.9 Å². The second kappa shape index (κ2) is 11.3. The number of ketones is 1. The number of aromatic amines is 1. The average Bonchev–Trinajstić information content (AvgIpc) is 3.48. The number of aryl methyl sites for hydroxylation is 1. The van der Waals surface area contributed by atoms with E-state index in [4.69, 9.17) is 39.9 Å². The quantitative estimate of drug-likeness (QED) is 0.171. The molecule has 210 valence electrons. The van der Waals surface area contributed by atoms with E-state index in [1.807, 2.05) is 13.0 Å². The monoisotopic (exact) mass is 609 g/mol. The van der Waals surface area contributed by atoms with E-state index < -0.39 is 11.5 Å². The van der Waals surface area contributed by atoms with Crippen molar-refractivity contribution < 1.29 is 19.5 Å². The predicted molar refractivity (Wildman–Crippen MR) is 163 cm³/mol. The first kappa shape index (κ1) is 28.9. The number of carboxylic acids is 1. The van der Waals surface area contributed by atoms with Crippen LogP contribution in [0.1, 0.15) is 46.4 Å². The Morgan fingerprint density at radius 1 is 1.17 bits per heavy atom. The number of halogens is 3. The Labute approximate surface area is 251 Å². The minimum absolute atomic E-state index is 0.0682. The van der Waals surface area contributed by atoms with Gasteiger partial charge in [0.15, 0.2) is 5.78 Å². The van der Waals surface area contributed by atoms with Crippen LogP contribution in [-0.2, 0) is 15.1 Å². The Hall–Kier alpha value is -3.62. The fourth-order valence-electron chi connectivity index (χ4n) is 5.50. The Balaban J connectivity index is 1.73. The van der Waals surface area contributed by atoms with Crippen LogP contribution in [0.25, 0.3) is 28.1 Å². The number of carbonyl (C=O) groups excluding carboxylic acids is 2. The fourth-order valence-corrected chi connectivity index (χ4v) is 6.52. The van der Waals surface area contributed by atoms with Gasteiger partial charge in [0.05, 0.1) is 33.2 Å². The third-order valence-corrected chi connectivity index (χ3v) is 8.37. The normalized spacial score (nSPS) is 14.3. The smallest absolute Gasteiger partial charge is 0.328 e. The molecule has 0 amide bonds. The van der Waals surface area contributed by atoms with Crippen LogP contribution in [0.2, 0.25) is 15.1 Å². The van der Waals surface area contributed by atoms with Gasteiger partial charge in [0.1, 0.15) is 0 Å². The molecule has 1 aliphatic carbocycles. The first-order valence-corrected chi connectivity index (χ1v) is 14.0. The third-order valence-electron chi connectivity index (χ3n) is 7.56. The lowest BCUT2D eigenvalue weighted by Crippen LogP contribution is -2.50. The molecular formula is C31H26Cl3N3O4. The van der Waals surface area contributed by atoms with Gasteiger partial charge in [0, 0.05) is 45.7 Å². The molecule has 0 atom stereocenters. The first-order chi connectivity index (χ1) is 19.6. The van der Waals surface area contributed by atoms with Gasteiger partial charge in [-0.15, -0.1) is 0 Å². The molecule has 2 aromatic heterocycles. The molecule has 2 aromatic carbocycles. The van der Waals surface area contributed by atoms with Gasteiger partial charge in [0.25, 0.3) is 5.91 Å². The molecule has 0 bridgehead atoms. The molecule has 7 nitrogen and oxygen atoms in total. The minimum Gasteiger partial charge on any atom is -0.478 e. The lowest BCUT2D eigenvalue weighted by atomic mass is 9.72. The number of benzene rings is 2. The summed E-state index contributed by atoms with van der Waals surface area (Å²) in [6.07, 6.45) is 9.60. The summed E-state index contributed by atoms with van der Waals surface area (Å²) in [5.41, 5.74) is 3.38. The number of fused-ring (bicyclic) bond motifs is 1. The van der Waals surface area contributed by atoms with Gasteiger partial charge in [-0.3, -0.25) is 19.5 Å². The standard InChI is InChI=1S/C31H26Cl3N3O4/c1-3-20(38)14-36-31(10-5-11-31)29-28(21(15-35-29)27-22(33)12-19(32)13-23(27)34)30(41)37-16-17(2)26-18(8-9-25(39)40)6-4-7-24(26)37/h3-4,6-9,12-13,15-16,35-36H,1,5,10-11,14H2,2H3,(H,39,40)/b9-8+. The molecule has 0 saturated heterocycles. The summed E-state index contributed by atoms with van der Waals surface area (Å²) in [7, 11) is 0. The molecular weight excluding hydrogens is 585 g/mol. The average molecular weight is 611 g/mol. The highest BCUT2D eigenvalue weighted by atomic mass is 35.5. The van der Waals surface area contributed by atoms with Crippen LogP contribution < -0.4 is 5.32 Å². The maximum absolute atomic E-state index is 14.6. The molecule has 0 radical (unpaired) electrons. The number of aromatic nitrogens is 2. The topological polar surface area (TPSA) is 104 Å². The van der Waals surface area contributed by atoms with E-state index in [1.54, 1.807) is 41.2 Å². The highest BCUT2D eigenvalue weighted by Crippen LogP contribution is 2.47. The molecule has 4 aromatic rings. The predicted octanol–water partition coefficient (Wildman–Crippen LogP) is 7.42. The maximum Gasteiger partial charge on any atom is 0.328 e. The number of H-pyrrole nitrogens is 1.